The van der Waals surface area contributed by atoms with Crippen LogP contribution in [-0.4, -0.2) is 9.78 Å². The molecule has 10 heteroatoms. The Morgan fingerprint density at radius 1 is 1.03 bits per heavy atom. The van der Waals surface area contributed by atoms with Gasteiger partial charge >= 0.3 is 6.18 Å². The van der Waals surface area contributed by atoms with Crippen LogP contribution in [0.1, 0.15) is 11.3 Å². The molecule has 3 rings (SSSR count). The second kappa shape index (κ2) is 8.26. The Bertz CT molecular complexity index is 1110. The maximum Gasteiger partial charge on any atom is 0.433 e. The molecule has 0 aliphatic heterocycles. The molecule has 0 radical (unpaired) electrons. The van der Waals surface area contributed by atoms with Gasteiger partial charge in [-0.1, -0.05) is 34.8 Å². The van der Waals surface area contributed by atoms with Crippen LogP contribution in [0.15, 0.2) is 47.3 Å². The second-order valence-corrected chi connectivity index (χ2v) is 7.40. The predicted molar refractivity (Wildman–Crippen MR) is 109 cm³/mol. The minimum absolute atomic E-state index is 0.106. The number of nitrogens with one attached hydrogen (secondary N) is 1. The summed E-state index contributed by atoms with van der Waals surface area (Å²) in [6.07, 6.45) is -4.70. The van der Waals surface area contributed by atoms with E-state index in [-0.39, 0.29) is 22.8 Å². The molecule has 0 aliphatic carbocycles. The first kappa shape index (κ1) is 21.5. The van der Waals surface area contributed by atoms with Crippen molar-refractivity contribution in [2.75, 3.05) is 5.32 Å². The van der Waals surface area contributed by atoms with Gasteiger partial charge in [0.05, 0.1) is 5.02 Å². The van der Waals surface area contributed by atoms with Gasteiger partial charge in [-0.2, -0.15) is 18.3 Å². The Labute approximate surface area is 178 Å². The molecule has 0 unspecified atom stereocenters. The highest BCUT2D eigenvalue weighted by Gasteiger charge is 2.34. The predicted octanol–water partition coefficient (Wildman–Crippen LogP) is 6.04. The molecule has 0 spiro atoms. The molecule has 0 aliphatic rings. The fourth-order valence-corrected chi connectivity index (χ4v) is 3.33. The van der Waals surface area contributed by atoms with E-state index in [1.165, 1.54) is 12.1 Å². The van der Waals surface area contributed by atoms with Crippen molar-refractivity contribution in [2.24, 2.45) is 7.05 Å². The SMILES string of the molecule is Cn1nc(-c2cc(CNc3ccc(Cl)cc3)c(Cl)cc2Cl)c(=O)cc1C(F)(F)F. The Hall–Kier alpha value is -2.22. The maximum absolute atomic E-state index is 13.0. The lowest BCUT2D eigenvalue weighted by molar-refractivity contribution is -0.144. The smallest absolute Gasteiger partial charge is 0.381 e. The van der Waals surface area contributed by atoms with Gasteiger partial charge in [0, 0.05) is 41.0 Å². The number of alkyl halides is 3. The van der Waals surface area contributed by atoms with Gasteiger partial charge in [0.1, 0.15) is 11.4 Å². The van der Waals surface area contributed by atoms with Gasteiger partial charge in [0.15, 0.2) is 0 Å². The van der Waals surface area contributed by atoms with E-state index in [0.717, 1.165) is 12.7 Å². The molecule has 2 aromatic carbocycles. The summed E-state index contributed by atoms with van der Waals surface area (Å²) in [7, 11) is 1.11. The standard InChI is InChI=1S/C19H13Cl3F3N3O/c1-28-17(19(23,24)25)8-16(29)18(27-28)13-6-10(14(21)7-15(13)22)9-26-12-4-2-11(20)3-5-12/h2-8,26H,9H2,1H3. The summed E-state index contributed by atoms with van der Waals surface area (Å²) in [5.41, 5.74) is -0.680. The highest BCUT2D eigenvalue weighted by Crippen LogP contribution is 2.33. The summed E-state index contributed by atoms with van der Waals surface area (Å²) in [6.45, 7) is 0.283. The number of aryl methyl sites for hydroxylation is 1. The molecule has 152 valence electrons. The van der Waals surface area contributed by atoms with Gasteiger partial charge in [-0.05, 0) is 42.0 Å². The van der Waals surface area contributed by atoms with Crippen molar-refractivity contribution in [3.8, 4) is 11.3 Å². The van der Waals surface area contributed by atoms with Gasteiger partial charge in [0.2, 0.25) is 5.43 Å². The van der Waals surface area contributed by atoms with Gasteiger partial charge in [-0.15, -0.1) is 0 Å². The molecule has 1 N–H and O–H groups in total. The number of benzene rings is 2. The van der Waals surface area contributed by atoms with Crippen LogP contribution in [0.2, 0.25) is 15.1 Å². The zero-order chi connectivity index (χ0) is 21.3. The van der Waals surface area contributed by atoms with Gasteiger partial charge < -0.3 is 5.32 Å². The van der Waals surface area contributed by atoms with E-state index in [1.807, 2.05) is 0 Å². The number of halogens is 6. The molecule has 0 fully saturated rings. The maximum atomic E-state index is 13.0. The number of hydrogen-bond acceptors (Lipinski definition) is 3. The van der Waals surface area contributed by atoms with Crippen LogP contribution < -0.4 is 10.7 Å². The van der Waals surface area contributed by atoms with Crippen LogP contribution in [0.3, 0.4) is 0 Å². The minimum Gasteiger partial charge on any atom is -0.381 e. The van der Waals surface area contributed by atoms with E-state index in [9.17, 15) is 18.0 Å². The molecule has 4 nitrogen and oxygen atoms in total. The molecule has 0 saturated carbocycles. The third-order valence-electron chi connectivity index (χ3n) is 4.11. The Morgan fingerprint density at radius 2 is 1.69 bits per heavy atom. The lowest BCUT2D eigenvalue weighted by atomic mass is 10.1. The average Bonchev–Trinajstić information content (AvgIpc) is 2.63. The van der Waals surface area contributed by atoms with E-state index >= 15 is 0 Å². The largest absolute Gasteiger partial charge is 0.433 e. The quantitative estimate of drug-likeness (QED) is 0.514. The zero-order valence-electron chi connectivity index (χ0n) is 14.8. The molecule has 3 aromatic rings. The molecule has 29 heavy (non-hydrogen) atoms. The normalized spacial score (nSPS) is 11.6. The molecular formula is C19H13Cl3F3N3O. The van der Waals surface area contributed by atoms with Gasteiger partial charge in [-0.25, -0.2) is 0 Å². The fraction of sp³-hybridized carbons (Fsp3) is 0.158. The van der Waals surface area contributed by atoms with Crippen LogP contribution in [-0.2, 0) is 19.8 Å². The van der Waals surface area contributed by atoms with Crippen molar-refractivity contribution in [1.82, 2.24) is 9.78 Å². The highest BCUT2D eigenvalue weighted by molar-refractivity contribution is 6.36. The summed E-state index contributed by atoms with van der Waals surface area (Å²) >= 11 is 18.3. The van der Waals surface area contributed by atoms with Crippen LogP contribution >= 0.6 is 34.8 Å². The van der Waals surface area contributed by atoms with Crippen molar-refractivity contribution in [1.29, 1.82) is 0 Å². The molecule has 0 amide bonds. The summed E-state index contributed by atoms with van der Waals surface area (Å²) in [6, 6.07) is 10.4. The summed E-state index contributed by atoms with van der Waals surface area (Å²) in [4.78, 5) is 12.3. The first-order chi connectivity index (χ1) is 13.6. The first-order valence-corrected chi connectivity index (χ1v) is 9.33. The first-order valence-electron chi connectivity index (χ1n) is 8.19. The lowest BCUT2D eigenvalue weighted by Gasteiger charge is -2.14. The lowest BCUT2D eigenvalue weighted by Crippen LogP contribution is -2.22. The topological polar surface area (TPSA) is 46.9 Å². The number of nitrogens with zero attached hydrogens (tertiary/aromatic N) is 2. The van der Waals surface area contributed by atoms with Crippen molar-refractivity contribution < 1.29 is 13.2 Å². The molecule has 1 aromatic heterocycles. The molecule has 0 bridgehead atoms. The number of aromatic nitrogens is 2. The summed E-state index contributed by atoms with van der Waals surface area (Å²) in [5, 5.41) is 7.97. The Kier molecular flexibility index (Phi) is 6.12. The minimum atomic E-state index is -4.70. The van der Waals surface area contributed by atoms with E-state index in [4.69, 9.17) is 34.8 Å². The van der Waals surface area contributed by atoms with Crippen molar-refractivity contribution in [2.45, 2.75) is 12.7 Å². The van der Waals surface area contributed by atoms with E-state index in [0.29, 0.717) is 26.4 Å². The highest BCUT2D eigenvalue weighted by atomic mass is 35.5. The van der Waals surface area contributed by atoms with Crippen LogP contribution in [0, 0.1) is 0 Å². The number of anilines is 1. The van der Waals surface area contributed by atoms with Gasteiger partial charge in [0.25, 0.3) is 0 Å². The third-order valence-corrected chi connectivity index (χ3v) is 5.03. The molecule has 1 heterocycles. The zero-order valence-corrected chi connectivity index (χ0v) is 17.1. The summed E-state index contributed by atoms with van der Waals surface area (Å²) in [5.74, 6) is 0. The molecular weight excluding hydrogens is 450 g/mol. The second-order valence-electron chi connectivity index (χ2n) is 6.15. The number of hydrogen-bond donors (Lipinski definition) is 1. The Balaban J connectivity index is 1.98. The summed E-state index contributed by atoms with van der Waals surface area (Å²) < 4.78 is 39.6. The Morgan fingerprint density at radius 3 is 2.31 bits per heavy atom. The molecule has 0 saturated heterocycles. The van der Waals surface area contributed by atoms with Crippen molar-refractivity contribution >= 4 is 40.5 Å². The fourth-order valence-electron chi connectivity index (χ4n) is 2.67. The van der Waals surface area contributed by atoms with Crippen LogP contribution in [0.4, 0.5) is 18.9 Å². The van der Waals surface area contributed by atoms with Crippen molar-refractivity contribution in [3.63, 3.8) is 0 Å². The number of rotatable bonds is 4. The monoisotopic (exact) mass is 461 g/mol. The third kappa shape index (κ3) is 4.86. The van der Waals surface area contributed by atoms with Crippen LogP contribution in [0.25, 0.3) is 11.3 Å². The van der Waals surface area contributed by atoms with Crippen LogP contribution in [0.5, 0.6) is 0 Å². The van der Waals surface area contributed by atoms with E-state index < -0.39 is 17.3 Å². The van der Waals surface area contributed by atoms with E-state index in [2.05, 4.69) is 10.4 Å². The average molecular weight is 463 g/mol. The van der Waals surface area contributed by atoms with Gasteiger partial charge in [-0.3, -0.25) is 9.48 Å². The van der Waals surface area contributed by atoms with E-state index in [1.54, 1.807) is 24.3 Å². The van der Waals surface area contributed by atoms with Crippen molar-refractivity contribution in [3.05, 3.63) is 79.0 Å². The molecule has 0 atom stereocenters.